The van der Waals surface area contributed by atoms with Crippen LogP contribution in [0.3, 0.4) is 0 Å². The predicted octanol–water partition coefficient (Wildman–Crippen LogP) is 3.43. The van der Waals surface area contributed by atoms with Gasteiger partial charge in [-0.3, -0.25) is 4.90 Å². The Balaban J connectivity index is 1.20. The van der Waals surface area contributed by atoms with E-state index in [1.807, 2.05) is 42.7 Å². The van der Waals surface area contributed by atoms with Crippen molar-refractivity contribution in [2.24, 2.45) is 4.99 Å². The fourth-order valence-corrected chi connectivity index (χ4v) is 4.10. The van der Waals surface area contributed by atoms with Crippen LogP contribution in [0.2, 0.25) is 0 Å². The summed E-state index contributed by atoms with van der Waals surface area (Å²) in [7, 11) is 1.70. The molecule has 1 N–H and O–H groups in total. The summed E-state index contributed by atoms with van der Waals surface area (Å²) in [6.45, 7) is 4.36. The molecule has 0 saturated heterocycles. The van der Waals surface area contributed by atoms with Crippen molar-refractivity contribution in [3.8, 4) is 17.6 Å². The molecule has 0 bridgehead atoms. The molecule has 6 heteroatoms. The van der Waals surface area contributed by atoms with E-state index in [9.17, 15) is 0 Å². The van der Waals surface area contributed by atoms with Gasteiger partial charge >= 0.3 is 0 Å². The van der Waals surface area contributed by atoms with Gasteiger partial charge in [0.25, 0.3) is 0 Å². The number of aromatic nitrogens is 2. The summed E-state index contributed by atoms with van der Waals surface area (Å²) >= 11 is 0. The summed E-state index contributed by atoms with van der Waals surface area (Å²) in [5.41, 5.74) is 5.83. The third-order valence-electron chi connectivity index (χ3n) is 5.68. The third kappa shape index (κ3) is 4.47. The highest BCUT2D eigenvalue weighted by atomic mass is 16.5. The number of hydrogen-bond donors (Lipinski definition) is 1. The number of aromatic amines is 1. The highest BCUT2D eigenvalue weighted by Crippen LogP contribution is 2.24. The molecule has 2 aromatic carbocycles. The highest BCUT2D eigenvalue weighted by Gasteiger charge is 2.22. The lowest BCUT2D eigenvalue weighted by Gasteiger charge is -2.33. The molecule has 0 atom stereocenters. The van der Waals surface area contributed by atoms with Crippen LogP contribution in [0.5, 0.6) is 5.75 Å². The summed E-state index contributed by atoms with van der Waals surface area (Å²) in [5.74, 6) is 8.08. The summed E-state index contributed by atoms with van der Waals surface area (Å²) < 4.78 is 5.34. The van der Waals surface area contributed by atoms with Crippen LogP contribution >= 0.6 is 0 Å². The molecule has 31 heavy (non-hydrogen) atoms. The Labute approximate surface area is 182 Å². The van der Waals surface area contributed by atoms with E-state index >= 15 is 0 Å². The first-order valence-corrected chi connectivity index (χ1v) is 10.5. The predicted molar refractivity (Wildman–Crippen MR) is 123 cm³/mol. The van der Waals surface area contributed by atoms with Crippen molar-refractivity contribution in [3.05, 3.63) is 71.2 Å². The molecule has 0 fully saturated rings. The van der Waals surface area contributed by atoms with Crippen molar-refractivity contribution < 1.29 is 4.74 Å². The molecule has 0 radical (unpaired) electrons. The molecule has 6 nitrogen and oxygen atoms in total. The van der Waals surface area contributed by atoms with E-state index in [1.54, 1.807) is 7.11 Å². The fourth-order valence-electron chi connectivity index (χ4n) is 4.10. The van der Waals surface area contributed by atoms with Gasteiger partial charge in [-0.2, -0.15) is 0 Å². The van der Waals surface area contributed by atoms with Crippen LogP contribution in [0, 0.1) is 11.8 Å². The number of nitrogens with one attached hydrogen (secondary N) is 1. The topological polar surface area (TPSA) is 56.8 Å². The number of fused-ring (bicyclic) bond motifs is 1. The van der Waals surface area contributed by atoms with Crippen molar-refractivity contribution in [3.63, 3.8) is 0 Å². The Kier molecular flexibility index (Phi) is 5.42. The van der Waals surface area contributed by atoms with Gasteiger partial charge in [0.1, 0.15) is 5.75 Å². The smallest absolute Gasteiger partial charge is 0.183 e. The van der Waals surface area contributed by atoms with Gasteiger partial charge in [-0.25, -0.2) is 9.98 Å². The Morgan fingerprint density at radius 1 is 1.13 bits per heavy atom. The normalized spacial score (nSPS) is 16.2. The molecule has 3 heterocycles. The molecule has 0 unspecified atom stereocenters. The zero-order valence-electron chi connectivity index (χ0n) is 17.6. The SMILES string of the molecule is COc1cccc(CN2C=NC3=C(C2)CN(CC#Cc2nc4ccccc4[nH]2)CC3)c1. The van der Waals surface area contributed by atoms with E-state index in [2.05, 4.69) is 43.7 Å². The second-order valence-corrected chi connectivity index (χ2v) is 7.92. The highest BCUT2D eigenvalue weighted by molar-refractivity contribution is 5.75. The number of hydrogen-bond acceptors (Lipinski definition) is 5. The zero-order valence-corrected chi connectivity index (χ0v) is 17.6. The standard InChI is InChI=1S/C25H25N5O/c1-31-21-7-4-6-19(14-21)15-30-17-20-16-29(13-11-22(20)26-18-30)12-5-10-25-27-23-8-2-3-9-24(23)28-25/h2-4,6-9,14,18H,11-13,15-17H2,1H3,(H,27,28). The number of aliphatic imine (C=N–C) groups is 1. The number of imidazole rings is 1. The van der Waals surface area contributed by atoms with Gasteiger partial charge in [-0.05, 0) is 41.3 Å². The largest absolute Gasteiger partial charge is 0.497 e. The van der Waals surface area contributed by atoms with Crippen molar-refractivity contribution >= 4 is 17.4 Å². The molecule has 0 saturated carbocycles. The first kappa shape index (κ1) is 19.4. The van der Waals surface area contributed by atoms with Gasteiger partial charge in [0.05, 0.1) is 31.0 Å². The van der Waals surface area contributed by atoms with Crippen molar-refractivity contribution in [2.75, 3.05) is 33.3 Å². The van der Waals surface area contributed by atoms with E-state index < -0.39 is 0 Å². The summed E-state index contributed by atoms with van der Waals surface area (Å²) in [5, 5.41) is 0. The van der Waals surface area contributed by atoms with Gasteiger partial charge < -0.3 is 14.6 Å². The maximum atomic E-state index is 5.34. The van der Waals surface area contributed by atoms with Gasteiger partial charge in [-0.1, -0.05) is 30.2 Å². The Morgan fingerprint density at radius 3 is 2.97 bits per heavy atom. The van der Waals surface area contributed by atoms with Crippen LogP contribution in [0.1, 0.15) is 17.8 Å². The molecule has 0 spiro atoms. The third-order valence-corrected chi connectivity index (χ3v) is 5.68. The molecule has 156 valence electrons. The number of benzene rings is 2. The number of nitrogens with zero attached hydrogens (tertiary/aromatic N) is 4. The number of methoxy groups -OCH3 is 1. The summed E-state index contributed by atoms with van der Waals surface area (Å²) in [6.07, 6.45) is 2.96. The van der Waals surface area contributed by atoms with Gasteiger partial charge in [-0.15, -0.1) is 0 Å². The molecule has 2 aliphatic heterocycles. The van der Waals surface area contributed by atoms with Crippen molar-refractivity contribution in [1.82, 2.24) is 19.8 Å². The minimum Gasteiger partial charge on any atom is -0.497 e. The lowest BCUT2D eigenvalue weighted by molar-refractivity contribution is 0.300. The quantitative estimate of drug-likeness (QED) is 0.669. The van der Waals surface area contributed by atoms with Crippen LogP contribution in [0.4, 0.5) is 0 Å². The molecule has 1 aromatic heterocycles. The molecule has 0 aliphatic carbocycles. The lowest BCUT2D eigenvalue weighted by Crippen LogP contribution is -2.38. The Bertz CT molecular complexity index is 1180. The maximum Gasteiger partial charge on any atom is 0.183 e. The van der Waals surface area contributed by atoms with Crippen LogP contribution in [0.25, 0.3) is 11.0 Å². The van der Waals surface area contributed by atoms with E-state index in [-0.39, 0.29) is 0 Å². The van der Waals surface area contributed by atoms with Gasteiger partial charge in [0.15, 0.2) is 5.82 Å². The monoisotopic (exact) mass is 411 g/mol. The van der Waals surface area contributed by atoms with Crippen molar-refractivity contribution in [2.45, 2.75) is 13.0 Å². The van der Waals surface area contributed by atoms with Crippen LogP contribution in [-0.4, -0.2) is 59.4 Å². The van der Waals surface area contributed by atoms with Gasteiger partial charge in [0, 0.05) is 38.3 Å². The number of rotatable bonds is 4. The first-order chi connectivity index (χ1) is 15.3. The molecule has 5 rings (SSSR count). The van der Waals surface area contributed by atoms with Gasteiger partial charge in [0.2, 0.25) is 0 Å². The molecule has 2 aliphatic rings. The minimum absolute atomic E-state index is 0.727. The molecule has 3 aromatic rings. The first-order valence-electron chi connectivity index (χ1n) is 10.5. The average molecular weight is 412 g/mol. The van der Waals surface area contributed by atoms with E-state index in [0.29, 0.717) is 0 Å². The van der Waals surface area contributed by atoms with Crippen molar-refractivity contribution in [1.29, 1.82) is 0 Å². The lowest BCUT2D eigenvalue weighted by atomic mass is 10.0. The van der Waals surface area contributed by atoms with E-state index in [4.69, 9.17) is 9.73 Å². The van der Waals surface area contributed by atoms with E-state index in [0.717, 1.165) is 61.8 Å². The number of H-pyrrole nitrogens is 1. The summed E-state index contributed by atoms with van der Waals surface area (Å²) in [6, 6.07) is 16.2. The Hall–Kier alpha value is -3.56. The average Bonchev–Trinajstić information content (AvgIpc) is 3.22. The molecular weight excluding hydrogens is 386 g/mol. The van der Waals surface area contributed by atoms with Crippen LogP contribution in [0.15, 0.2) is 64.8 Å². The Morgan fingerprint density at radius 2 is 2.06 bits per heavy atom. The second kappa shape index (κ2) is 8.66. The fraction of sp³-hybridized carbons (Fsp3) is 0.280. The molecule has 0 amide bonds. The zero-order chi connectivity index (χ0) is 21.0. The molecular formula is C25H25N5O. The van der Waals surface area contributed by atoms with Crippen LogP contribution < -0.4 is 4.74 Å². The minimum atomic E-state index is 0.727. The number of para-hydroxylation sites is 2. The van der Waals surface area contributed by atoms with Crippen LogP contribution in [-0.2, 0) is 6.54 Å². The number of ether oxygens (including phenoxy) is 1. The second-order valence-electron chi connectivity index (χ2n) is 7.92. The summed E-state index contributed by atoms with van der Waals surface area (Å²) in [4.78, 5) is 17.2. The van der Waals surface area contributed by atoms with E-state index in [1.165, 1.54) is 16.8 Å². The maximum absolute atomic E-state index is 5.34.